The Hall–Kier alpha value is -0.800. The van der Waals surface area contributed by atoms with E-state index in [2.05, 4.69) is 6.58 Å². The second kappa shape index (κ2) is 4.60. The van der Waals surface area contributed by atoms with Crippen molar-refractivity contribution in [3.63, 3.8) is 0 Å². The summed E-state index contributed by atoms with van der Waals surface area (Å²) in [6.45, 7) is 10.9. The predicted molar refractivity (Wildman–Crippen MR) is 65.2 cm³/mol. The van der Waals surface area contributed by atoms with Crippen LogP contribution >= 0.6 is 11.6 Å². The molecule has 0 saturated heterocycles. The van der Waals surface area contributed by atoms with Gasteiger partial charge < -0.3 is 10.0 Å². The summed E-state index contributed by atoms with van der Waals surface area (Å²) < 4.78 is 0. The highest BCUT2D eigenvalue weighted by Crippen LogP contribution is 2.43. The van der Waals surface area contributed by atoms with Crippen LogP contribution in [-0.2, 0) is 4.79 Å². The molecule has 0 amide bonds. The summed E-state index contributed by atoms with van der Waals surface area (Å²) in [6, 6.07) is 0. The summed E-state index contributed by atoms with van der Waals surface area (Å²) >= 11 is 5.88. The van der Waals surface area contributed by atoms with Crippen LogP contribution in [-0.4, -0.2) is 34.5 Å². The normalized spacial score (nSPS) is 24.4. The van der Waals surface area contributed by atoms with Gasteiger partial charge in [0.1, 0.15) is 5.03 Å². The molecule has 0 aromatic heterocycles. The summed E-state index contributed by atoms with van der Waals surface area (Å²) in [6.07, 6.45) is 0.244. The smallest absolute Gasteiger partial charge is 0.214 e. The third-order valence-corrected chi connectivity index (χ3v) is 3.16. The Balaban J connectivity index is 3.06. The maximum absolute atomic E-state index is 11.7. The lowest BCUT2D eigenvalue weighted by Gasteiger charge is -2.43. The Bertz CT molecular complexity index is 358. The Labute approximate surface area is 101 Å². The number of carbonyl (C=O) groups excluding carboxylic acids is 1. The Kier molecular flexibility index (Phi) is 3.81. The fraction of sp³-hybridized carbons (Fsp3) is 0.583. The lowest BCUT2D eigenvalue weighted by molar-refractivity contribution is -0.135. The van der Waals surface area contributed by atoms with Crippen LogP contribution in [0.4, 0.5) is 0 Å². The van der Waals surface area contributed by atoms with Gasteiger partial charge in [0, 0.05) is 19.5 Å². The predicted octanol–water partition coefficient (Wildman–Crippen LogP) is 2.06. The summed E-state index contributed by atoms with van der Waals surface area (Å²) in [5.74, 6) is -0.390. The molecule has 4 heteroatoms. The molecule has 0 aromatic rings. The van der Waals surface area contributed by atoms with E-state index >= 15 is 0 Å². The average Bonchev–Trinajstić information content (AvgIpc) is 2.23. The van der Waals surface area contributed by atoms with Crippen molar-refractivity contribution in [1.82, 2.24) is 4.90 Å². The number of Topliss-reactive ketones (excluding diaryl/α,β-unsaturated/α-hetero) is 1. The summed E-state index contributed by atoms with van der Waals surface area (Å²) in [7, 11) is 0. The van der Waals surface area contributed by atoms with Crippen molar-refractivity contribution in [2.75, 3.05) is 13.1 Å². The van der Waals surface area contributed by atoms with E-state index in [4.69, 9.17) is 11.6 Å². The number of carbonyl (C=O) groups is 1. The second-order valence-corrected chi connectivity index (χ2v) is 4.54. The van der Waals surface area contributed by atoms with Gasteiger partial charge in [0.05, 0.1) is 5.70 Å². The zero-order valence-electron chi connectivity index (χ0n) is 10.0. The first-order valence-electron chi connectivity index (χ1n) is 5.45. The summed E-state index contributed by atoms with van der Waals surface area (Å²) in [5, 5.41) is 10.5. The molecule has 3 nitrogen and oxygen atoms in total. The summed E-state index contributed by atoms with van der Waals surface area (Å²) in [5.41, 5.74) is -0.133. The number of hydrogen-bond acceptors (Lipinski definition) is 3. The van der Waals surface area contributed by atoms with Crippen molar-refractivity contribution in [2.24, 2.45) is 0 Å². The monoisotopic (exact) mass is 243 g/mol. The van der Waals surface area contributed by atoms with Crippen LogP contribution in [0.25, 0.3) is 0 Å². The van der Waals surface area contributed by atoms with E-state index < -0.39 is 5.60 Å². The van der Waals surface area contributed by atoms with E-state index in [-0.39, 0.29) is 17.2 Å². The van der Waals surface area contributed by atoms with Gasteiger partial charge in [-0.2, -0.15) is 0 Å². The Morgan fingerprint density at radius 2 is 2.00 bits per heavy atom. The van der Waals surface area contributed by atoms with Crippen molar-refractivity contribution < 1.29 is 9.90 Å². The number of likely N-dealkylation sites (N-methyl/N-ethyl adjacent to an activating group) is 1. The van der Waals surface area contributed by atoms with Crippen LogP contribution in [0.1, 0.15) is 27.2 Å². The highest BCUT2D eigenvalue weighted by atomic mass is 35.5. The Morgan fingerprint density at radius 1 is 1.50 bits per heavy atom. The molecule has 0 aromatic carbocycles. The standard InChI is InChI=1S/C12H18ClNO2/c1-5-14(6-2)10-9(13)11(15)12(10,16)7-8(3)4/h16H,3,5-7H2,1-2,4H3. The first kappa shape index (κ1) is 13.3. The van der Waals surface area contributed by atoms with E-state index in [0.29, 0.717) is 18.8 Å². The van der Waals surface area contributed by atoms with Crippen molar-refractivity contribution in [2.45, 2.75) is 32.8 Å². The SMILES string of the molecule is C=C(C)CC1(O)C(=O)C(Cl)=C1N(CC)CC. The van der Waals surface area contributed by atoms with Gasteiger partial charge in [-0.25, -0.2) is 0 Å². The van der Waals surface area contributed by atoms with Crippen molar-refractivity contribution in [3.05, 3.63) is 22.9 Å². The molecule has 0 fully saturated rings. The first-order valence-corrected chi connectivity index (χ1v) is 5.83. The Morgan fingerprint density at radius 3 is 2.38 bits per heavy atom. The minimum absolute atomic E-state index is 0.160. The first-order chi connectivity index (χ1) is 7.38. The van der Waals surface area contributed by atoms with Crippen molar-refractivity contribution in [3.8, 4) is 0 Å². The van der Waals surface area contributed by atoms with Gasteiger partial charge in [-0.3, -0.25) is 4.79 Å². The molecule has 0 spiro atoms. The zero-order valence-corrected chi connectivity index (χ0v) is 10.8. The van der Waals surface area contributed by atoms with Crippen LogP contribution in [0.2, 0.25) is 0 Å². The molecule has 1 N–H and O–H groups in total. The highest BCUT2D eigenvalue weighted by Gasteiger charge is 2.53. The van der Waals surface area contributed by atoms with Crippen molar-refractivity contribution in [1.29, 1.82) is 0 Å². The van der Waals surface area contributed by atoms with E-state index in [1.165, 1.54) is 0 Å². The third kappa shape index (κ3) is 1.89. The van der Waals surface area contributed by atoms with Gasteiger partial charge in [-0.05, 0) is 20.8 Å². The van der Waals surface area contributed by atoms with Gasteiger partial charge in [-0.1, -0.05) is 17.2 Å². The van der Waals surface area contributed by atoms with E-state index in [1.807, 2.05) is 18.7 Å². The molecular formula is C12H18ClNO2. The average molecular weight is 244 g/mol. The molecule has 0 bridgehead atoms. The van der Waals surface area contributed by atoms with E-state index in [1.54, 1.807) is 6.92 Å². The minimum atomic E-state index is -1.45. The lowest BCUT2D eigenvalue weighted by Crippen LogP contribution is -2.55. The maximum Gasteiger partial charge on any atom is 0.214 e. The number of aliphatic hydroxyl groups is 1. The van der Waals surface area contributed by atoms with Gasteiger partial charge in [0.2, 0.25) is 5.78 Å². The molecule has 1 aliphatic carbocycles. The maximum atomic E-state index is 11.7. The molecular weight excluding hydrogens is 226 g/mol. The number of nitrogens with zero attached hydrogens (tertiary/aromatic N) is 1. The fourth-order valence-electron chi connectivity index (χ4n) is 2.06. The topological polar surface area (TPSA) is 40.5 Å². The van der Waals surface area contributed by atoms with E-state index in [0.717, 1.165) is 5.57 Å². The zero-order chi connectivity index (χ0) is 12.5. The molecule has 1 atom stereocenters. The number of rotatable bonds is 5. The molecule has 16 heavy (non-hydrogen) atoms. The van der Waals surface area contributed by atoms with Crippen LogP contribution in [0, 0.1) is 0 Å². The molecule has 0 saturated carbocycles. The molecule has 0 heterocycles. The lowest BCUT2D eigenvalue weighted by atomic mass is 9.77. The van der Waals surface area contributed by atoms with Crippen LogP contribution in [0.5, 0.6) is 0 Å². The largest absolute Gasteiger partial charge is 0.375 e. The highest BCUT2D eigenvalue weighted by molar-refractivity contribution is 6.47. The van der Waals surface area contributed by atoms with Crippen LogP contribution in [0.3, 0.4) is 0 Å². The molecule has 1 unspecified atom stereocenters. The second-order valence-electron chi connectivity index (χ2n) is 4.16. The van der Waals surface area contributed by atoms with E-state index in [9.17, 15) is 9.90 Å². The van der Waals surface area contributed by atoms with Gasteiger partial charge in [0.15, 0.2) is 5.60 Å². The number of hydrogen-bond donors (Lipinski definition) is 1. The molecule has 1 rings (SSSR count). The quantitative estimate of drug-likeness (QED) is 0.752. The minimum Gasteiger partial charge on any atom is -0.375 e. The molecule has 0 radical (unpaired) electrons. The van der Waals surface area contributed by atoms with Crippen molar-refractivity contribution >= 4 is 17.4 Å². The molecule has 90 valence electrons. The molecule has 0 aliphatic heterocycles. The number of halogens is 1. The van der Waals surface area contributed by atoms with Crippen LogP contribution < -0.4 is 0 Å². The van der Waals surface area contributed by atoms with Crippen LogP contribution in [0.15, 0.2) is 22.9 Å². The summed E-state index contributed by atoms with van der Waals surface area (Å²) in [4.78, 5) is 13.6. The number of ketones is 1. The third-order valence-electron chi connectivity index (χ3n) is 2.81. The van der Waals surface area contributed by atoms with Gasteiger partial charge >= 0.3 is 0 Å². The van der Waals surface area contributed by atoms with Gasteiger partial charge in [0.25, 0.3) is 0 Å². The fourth-order valence-corrected chi connectivity index (χ4v) is 2.49. The van der Waals surface area contributed by atoms with Gasteiger partial charge in [-0.15, -0.1) is 6.58 Å². The molecule has 1 aliphatic rings.